The summed E-state index contributed by atoms with van der Waals surface area (Å²) in [5.41, 5.74) is 1.95. The number of nitrogens with zero attached hydrogens (tertiary/aromatic N) is 2. The lowest BCUT2D eigenvalue weighted by Crippen LogP contribution is -2.38. The Morgan fingerprint density at radius 1 is 0.893 bits per heavy atom. The largest absolute Gasteiger partial charge is 0.378 e. The second kappa shape index (κ2) is 8.95. The van der Waals surface area contributed by atoms with Gasteiger partial charge < -0.3 is 19.9 Å². The monoisotopic (exact) mass is 385 g/mol. The van der Waals surface area contributed by atoms with E-state index in [9.17, 15) is 9.59 Å². The number of anilines is 2. The van der Waals surface area contributed by atoms with Gasteiger partial charge in [0, 0.05) is 38.0 Å². The van der Waals surface area contributed by atoms with E-state index in [-0.39, 0.29) is 17.7 Å². The van der Waals surface area contributed by atoms with Crippen molar-refractivity contribution in [1.82, 2.24) is 4.90 Å². The minimum Gasteiger partial charge on any atom is -0.378 e. The van der Waals surface area contributed by atoms with Crippen LogP contribution in [0.25, 0.3) is 0 Å². The van der Waals surface area contributed by atoms with Crippen LogP contribution >= 0.6 is 0 Å². The Morgan fingerprint density at radius 3 is 2.25 bits per heavy atom. The summed E-state index contributed by atoms with van der Waals surface area (Å²) in [7, 11) is 0. The topological polar surface area (TPSA) is 61.9 Å². The zero-order chi connectivity index (χ0) is 19.3. The minimum absolute atomic E-state index is 0.000346. The molecule has 2 saturated heterocycles. The normalized spacial score (nSPS) is 25.6. The smallest absolute Gasteiger partial charge is 0.227 e. The molecule has 152 valence electrons. The second-order valence-electron chi connectivity index (χ2n) is 8.19. The third-order valence-electron chi connectivity index (χ3n) is 6.38. The van der Waals surface area contributed by atoms with Gasteiger partial charge >= 0.3 is 0 Å². The number of carbonyl (C=O) groups excluding carboxylic acids is 2. The Kier molecular flexibility index (Phi) is 6.15. The number of rotatable bonds is 4. The maximum absolute atomic E-state index is 12.9. The van der Waals surface area contributed by atoms with Crippen molar-refractivity contribution in [3.63, 3.8) is 0 Å². The van der Waals surface area contributed by atoms with Crippen molar-refractivity contribution < 1.29 is 14.3 Å². The molecule has 1 aliphatic carbocycles. The van der Waals surface area contributed by atoms with Crippen LogP contribution in [-0.2, 0) is 14.3 Å². The van der Waals surface area contributed by atoms with E-state index in [1.165, 1.54) is 0 Å². The molecule has 1 N–H and O–H groups in total. The van der Waals surface area contributed by atoms with Crippen molar-refractivity contribution >= 4 is 23.2 Å². The molecule has 6 heteroatoms. The van der Waals surface area contributed by atoms with Gasteiger partial charge in [0.2, 0.25) is 11.8 Å². The average molecular weight is 386 g/mol. The molecule has 28 heavy (non-hydrogen) atoms. The number of carbonyl (C=O) groups is 2. The molecule has 1 aromatic carbocycles. The summed E-state index contributed by atoms with van der Waals surface area (Å²) in [6, 6.07) is 8.01. The number of benzene rings is 1. The zero-order valence-corrected chi connectivity index (χ0v) is 16.6. The van der Waals surface area contributed by atoms with E-state index in [2.05, 4.69) is 16.3 Å². The molecule has 3 aliphatic rings. The number of hydrogen-bond donors (Lipinski definition) is 1. The van der Waals surface area contributed by atoms with Gasteiger partial charge in [-0.1, -0.05) is 12.1 Å². The van der Waals surface area contributed by atoms with E-state index >= 15 is 0 Å². The summed E-state index contributed by atoms with van der Waals surface area (Å²) < 4.78 is 5.44. The highest BCUT2D eigenvalue weighted by atomic mass is 16.5. The molecule has 3 fully saturated rings. The number of hydrogen-bond acceptors (Lipinski definition) is 4. The van der Waals surface area contributed by atoms with Gasteiger partial charge in [-0.2, -0.15) is 0 Å². The lowest BCUT2D eigenvalue weighted by molar-refractivity contribution is -0.136. The van der Waals surface area contributed by atoms with Crippen molar-refractivity contribution in [2.45, 2.75) is 38.5 Å². The summed E-state index contributed by atoms with van der Waals surface area (Å²) in [4.78, 5) is 29.8. The second-order valence-corrected chi connectivity index (χ2v) is 8.19. The van der Waals surface area contributed by atoms with Gasteiger partial charge in [0.05, 0.1) is 24.6 Å². The number of ether oxygens (including phenoxy) is 1. The molecule has 2 heterocycles. The van der Waals surface area contributed by atoms with Gasteiger partial charge in [-0.25, -0.2) is 0 Å². The van der Waals surface area contributed by atoms with Crippen molar-refractivity contribution in [3.8, 4) is 0 Å². The number of morpholine rings is 1. The van der Waals surface area contributed by atoms with Crippen LogP contribution in [0.4, 0.5) is 11.4 Å². The molecular weight excluding hydrogens is 354 g/mol. The minimum atomic E-state index is 0.000346. The van der Waals surface area contributed by atoms with Crippen molar-refractivity contribution in [3.05, 3.63) is 24.3 Å². The van der Waals surface area contributed by atoms with E-state index in [0.717, 1.165) is 89.3 Å². The van der Waals surface area contributed by atoms with Crippen molar-refractivity contribution in [2.75, 3.05) is 49.6 Å². The maximum Gasteiger partial charge on any atom is 0.227 e. The number of likely N-dealkylation sites (tertiary alicyclic amines) is 1. The number of nitrogens with one attached hydrogen (secondary N) is 1. The fourth-order valence-corrected chi connectivity index (χ4v) is 4.69. The molecule has 0 bridgehead atoms. The molecule has 0 radical (unpaired) electrons. The summed E-state index contributed by atoms with van der Waals surface area (Å²) >= 11 is 0. The number of amides is 2. The van der Waals surface area contributed by atoms with E-state index in [1.807, 2.05) is 23.1 Å². The van der Waals surface area contributed by atoms with Gasteiger partial charge in [0.1, 0.15) is 0 Å². The summed E-state index contributed by atoms with van der Waals surface area (Å²) in [6.07, 6.45) is 5.53. The van der Waals surface area contributed by atoms with Gasteiger partial charge in [0.15, 0.2) is 0 Å². The highest BCUT2D eigenvalue weighted by Crippen LogP contribution is 2.33. The zero-order valence-electron chi connectivity index (χ0n) is 16.6. The van der Waals surface area contributed by atoms with Crippen molar-refractivity contribution in [2.24, 2.45) is 11.8 Å². The fraction of sp³-hybridized carbons (Fsp3) is 0.636. The molecule has 0 aromatic heterocycles. The SMILES string of the molecule is O=C(Nc1ccccc1N1CCOCC1)C1CCC(C(=O)N2CCCC2)CC1. The lowest BCUT2D eigenvalue weighted by atomic mass is 9.81. The van der Waals surface area contributed by atoms with Crippen molar-refractivity contribution in [1.29, 1.82) is 0 Å². The summed E-state index contributed by atoms with van der Waals surface area (Å²) in [6.45, 7) is 4.96. The van der Waals surface area contributed by atoms with Crippen LogP contribution in [0.1, 0.15) is 38.5 Å². The van der Waals surface area contributed by atoms with Crippen LogP contribution in [0.15, 0.2) is 24.3 Å². The van der Waals surface area contributed by atoms with Gasteiger partial charge in [-0.15, -0.1) is 0 Å². The lowest BCUT2D eigenvalue weighted by Gasteiger charge is -2.32. The summed E-state index contributed by atoms with van der Waals surface area (Å²) in [5.74, 6) is 0.518. The first kappa shape index (κ1) is 19.2. The Balaban J connectivity index is 1.33. The van der Waals surface area contributed by atoms with E-state index in [0.29, 0.717) is 5.91 Å². The van der Waals surface area contributed by atoms with Crippen LogP contribution < -0.4 is 10.2 Å². The van der Waals surface area contributed by atoms with Crippen LogP contribution in [0.5, 0.6) is 0 Å². The standard InChI is InChI=1S/C22H31N3O3/c26-21(17-7-9-18(10-8-17)22(27)25-11-3-4-12-25)23-19-5-1-2-6-20(19)24-13-15-28-16-14-24/h1-2,5-6,17-18H,3-4,7-16H2,(H,23,26). The maximum atomic E-state index is 12.9. The molecule has 0 unspecified atom stereocenters. The van der Waals surface area contributed by atoms with Crippen LogP contribution in [0, 0.1) is 11.8 Å². The average Bonchev–Trinajstić information content (AvgIpc) is 3.29. The third kappa shape index (κ3) is 4.32. The Bertz CT molecular complexity index is 688. The van der Waals surface area contributed by atoms with Gasteiger partial charge in [-0.3, -0.25) is 9.59 Å². The first-order valence-corrected chi connectivity index (χ1v) is 10.7. The summed E-state index contributed by atoms with van der Waals surface area (Å²) in [5, 5.41) is 3.16. The van der Waals surface area contributed by atoms with Crippen LogP contribution in [0.3, 0.4) is 0 Å². The Labute approximate surface area is 167 Å². The molecule has 4 rings (SSSR count). The van der Waals surface area contributed by atoms with Gasteiger partial charge in [-0.05, 0) is 50.7 Å². The number of para-hydroxylation sites is 2. The highest BCUT2D eigenvalue weighted by Gasteiger charge is 2.33. The first-order chi connectivity index (χ1) is 13.7. The van der Waals surface area contributed by atoms with Crippen LogP contribution in [0.2, 0.25) is 0 Å². The predicted octanol–water partition coefficient (Wildman–Crippen LogP) is 2.89. The molecule has 2 aliphatic heterocycles. The Morgan fingerprint density at radius 2 is 1.54 bits per heavy atom. The fourth-order valence-electron chi connectivity index (χ4n) is 4.69. The Hall–Kier alpha value is -2.08. The molecule has 0 atom stereocenters. The first-order valence-electron chi connectivity index (χ1n) is 10.7. The predicted molar refractivity (Wildman–Crippen MR) is 109 cm³/mol. The molecule has 0 spiro atoms. The van der Waals surface area contributed by atoms with E-state index in [1.54, 1.807) is 0 Å². The molecule has 2 amide bonds. The molecule has 1 saturated carbocycles. The van der Waals surface area contributed by atoms with Crippen LogP contribution in [-0.4, -0.2) is 56.1 Å². The quantitative estimate of drug-likeness (QED) is 0.866. The van der Waals surface area contributed by atoms with E-state index in [4.69, 9.17) is 4.74 Å². The van der Waals surface area contributed by atoms with E-state index < -0.39 is 0 Å². The van der Waals surface area contributed by atoms with Gasteiger partial charge in [0.25, 0.3) is 0 Å². The third-order valence-corrected chi connectivity index (χ3v) is 6.38. The molecule has 1 aromatic rings. The molecular formula is C22H31N3O3. The highest BCUT2D eigenvalue weighted by molar-refractivity contribution is 5.96. The molecule has 6 nitrogen and oxygen atoms in total.